The minimum Gasteiger partial charge on any atom is -0.375 e. The lowest BCUT2D eigenvalue weighted by Gasteiger charge is -2.35. The first-order valence-electron chi connectivity index (χ1n) is 7.14. The van der Waals surface area contributed by atoms with Crippen molar-refractivity contribution in [1.82, 2.24) is 5.32 Å². The van der Waals surface area contributed by atoms with Gasteiger partial charge in [0.15, 0.2) is 0 Å². The molecule has 5 heteroatoms. The molecule has 0 spiro atoms. The van der Waals surface area contributed by atoms with Crippen molar-refractivity contribution in [2.24, 2.45) is 5.41 Å². The van der Waals surface area contributed by atoms with Crippen LogP contribution in [0.3, 0.4) is 0 Å². The molecule has 0 saturated carbocycles. The van der Waals surface area contributed by atoms with Crippen molar-refractivity contribution < 1.29 is 13.2 Å². The summed E-state index contributed by atoms with van der Waals surface area (Å²) in [5.74, 6) is 0.266. The van der Waals surface area contributed by atoms with Gasteiger partial charge < -0.3 is 10.1 Å². The summed E-state index contributed by atoms with van der Waals surface area (Å²) in [5, 5.41) is 3.58. The lowest BCUT2D eigenvalue weighted by Crippen LogP contribution is -2.44. The molecule has 1 rings (SSSR count). The average molecular weight is 291 g/mol. The fourth-order valence-electron chi connectivity index (χ4n) is 2.54. The molecule has 19 heavy (non-hydrogen) atoms. The van der Waals surface area contributed by atoms with Crippen LogP contribution < -0.4 is 5.32 Å². The highest BCUT2D eigenvalue weighted by Gasteiger charge is 2.26. The first-order chi connectivity index (χ1) is 8.57. The van der Waals surface area contributed by atoms with Crippen LogP contribution in [-0.2, 0) is 14.6 Å². The van der Waals surface area contributed by atoms with Crippen molar-refractivity contribution in [2.45, 2.75) is 65.2 Å². The molecule has 1 fully saturated rings. The second-order valence-corrected chi connectivity index (χ2v) is 9.11. The molecule has 0 aromatic heterocycles. The van der Waals surface area contributed by atoms with Gasteiger partial charge in [0.1, 0.15) is 9.84 Å². The Balaban J connectivity index is 2.37. The minimum absolute atomic E-state index is 0.00780. The van der Waals surface area contributed by atoms with Crippen LogP contribution in [0.25, 0.3) is 0 Å². The predicted molar refractivity (Wildman–Crippen MR) is 79.1 cm³/mol. The Labute approximate surface area is 118 Å². The van der Waals surface area contributed by atoms with E-state index >= 15 is 0 Å². The summed E-state index contributed by atoms with van der Waals surface area (Å²) >= 11 is 0. The molecule has 0 aromatic rings. The molecule has 114 valence electrons. The number of nitrogens with one attached hydrogen (secondary N) is 1. The molecule has 0 amide bonds. The van der Waals surface area contributed by atoms with Gasteiger partial charge in [-0.05, 0) is 38.5 Å². The van der Waals surface area contributed by atoms with Crippen LogP contribution in [0.1, 0.15) is 47.0 Å². The van der Waals surface area contributed by atoms with Crippen LogP contribution in [0.2, 0.25) is 0 Å². The van der Waals surface area contributed by atoms with Crippen molar-refractivity contribution in [3.05, 3.63) is 0 Å². The van der Waals surface area contributed by atoms with Gasteiger partial charge in [-0.3, -0.25) is 0 Å². The van der Waals surface area contributed by atoms with Gasteiger partial charge in [0.2, 0.25) is 0 Å². The van der Waals surface area contributed by atoms with E-state index in [0.717, 1.165) is 19.4 Å². The second-order valence-electron chi connectivity index (χ2n) is 6.85. The monoisotopic (exact) mass is 291 g/mol. The molecule has 4 nitrogen and oxygen atoms in total. The van der Waals surface area contributed by atoms with Gasteiger partial charge in [0, 0.05) is 18.8 Å². The van der Waals surface area contributed by atoms with E-state index in [4.69, 9.17) is 4.74 Å². The Morgan fingerprint density at radius 2 is 1.74 bits per heavy atom. The van der Waals surface area contributed by atoms with E-state index in [9.17, 15) is 8.42 Å². The molecule has 1 heterocycles. The van der Waals surface area contributed by atoms with Gasteiger partial charge in [-0.2, -0.15) is 0 Å². The molecule has 2 atom stereocenters. The number of hydrogen-bond donors (Lipinski definition) is 1. The van der Waals surface area contributed by atoms with Crippen molar-refractivity contribution in [3.63, 3.8) is 0 Å². The summed E-state index contributed by atoms with van der Waals surface area (Å²) in [6.07, 6.45) is 4.69. The fourth-order valence-corrected chi connectivity index (χ4v) is 3.47. The first-order valence-corrected chi connectivity index (χ1v) is 9.20. The van der Waals surface area contributed by atoms with Gasteiger partial charge in [0.05, 0.1) is 18.0 Å². The third-order valence-electron chi connectivity index (χ3n) is 3.72. The SMILES string of the molecule is CC1CC(NCC(C)(C)CCS(C)(=O)=O)CC(C)O1. The Morgan fingerprint density at radius 1 is 1.21 bits per heavy atom. The van der Waals surface area contributed by atoms with Crippen LogP contribution in [-0.4, -0.2) is 45.2 Å². The smallest absolute Gasteiger partial charge is 0.147 e. The zero-order valence-corrected chi connectivity index (χ0v) is 13.7. The maximum Gasteiger partial charge on any atom is 0.147 e. The zero-order valence-electron chi connectivity index (χ0n) is 12.9. The molecule has 2 unspecified atom stereocenters. The molecule has 0 radical (unpaired) electrons. The van der Waals surface area contributed by atoms with Crippen molar-refractivity contribution in [2.75, 3.05) is 18.6 Å². The molecule has 0 aromatic carbocycles. The average Bonchev–Trinajstić information content (AvgIpc) is 2.22. The summed E-state index contributed by atoms with van der Waals surface area (Å²) in [6, 6.07) is 0.483. The Bertz CT molecular complexity index is 368. The Hall–Kier alpha value is -0.130. The first kappa shape index (κ1) is 16.9. The normalized spacial score (nSPS) is 29.4. The van der Waals surface area contributed by atoms with E-state index in [1.807, 2.05) is 0 Å². The molecule has 1 aliphatic heterocycles. The Morgan fingerprint density at radius 3 is 2.21 bits per heavy atom. The quantitative estimate of drug-likeness (QED) is 0.813. The van der Waals surface area contributed by atoms with Crippen molar-refractivity contribution >= 4 is 9.84 Å². The van der Waals surface area contributed by atoms with E-state index in [1.165, 1.54) is 6.26 Å². The largest absolute Gasteiger partial charge is 0.375 e. The third-order valence-corrected chi connectivity index (χ3v) is 4.66. The zero-order chi connectivity index (χ0) is 14.7. The molecule has 1 aliphatic rings. The molecule has 0 bridgehead atoms. The van der Waals surface area contributed by atoms with Gasteiger partial charge in [-0.15, -0.1) is 0 Å². The van der Waals surface area contributed by atoms with E-state index in [0.29, 0.717) is 24.7 Å². The lowest BCUT2D eigenvalue weighted by atomic mass is 9.89. The molecular formula is C14H29NO3S. The highest BCUT2D eigenvalue weighted by Crippen LogP contribution is 2.23. The van der Waals surface area contributed by atoms with Gasteiger partial charge in [0.25, 0.3) is 0 Å². The lowest BCUT2D eigenvalue weighted by molar-refractivity contribution is -0.0431. The number of sulfone groups is 1. The van der Waals surface area contributed by atoms with E-state index in [1.54, 1.807) is 0 Å². The molecule has 1 saturated heterocycles. The van der Waals surface area contributed by atoms with Gasteiger partial charge >= 0.3 is 0 Å². The summed E-state index contributed by atoms with van der Waals surface area (Å²) in [4.78, 5) is 0. The fraction of sp³-hybridized carbons (Fsp3) is 1.00. The number of hydrogen-bond acceptors (Lipinski definition) is 4. The van der Waals surface area contributed by atoms with Crippen LogP contribution in [0.4, 0.5) is 0 Å². The topological polar surface area (TPSA) is 55.4 Å². The third kappa shape index (κ3) is 7.28. The molecule has 0 aliphatic carbocycles. The van der Waals surface area contributed by atoms with Crippen molar-refractivity contribution in [1.29, 1.82) is 0 Å². The van der Waals surface area contributed by atoms with Crippen LogP contribution in [0.5, 0.6) is 0 Å². The highest BCUT2D eigenvalue weighted by molar-refractivity contribution is 7.90. The van der Waals surface area contributed by atoms with Crippen LogP contribution in [0, 0.1) is 5.41 Å². The predicted octanol–water partition coefficient (Wildman–Crippen LogP) is 1.99. The minimum atomic E-state index is -2.87. The Kier molecular flexibility index (Phi) is 5.83. The summed E-state index contributed by atoms with van der Waals surface area (Å²) in [5.41, 5.74) is 0.00780. The molecular weight excluding hydrogens is 262 g/mol. The molecule has 1 N–H and O–H groups in total. The summed E-state index contributed by atoms with van der Waals surface area (Å²) < 4.78 is 28.2. The number of ether oxygens (including phenoxy) is 1. The van der Waals surface area contributed by atoms with Gasteiger partial charge in [-0.1, -0.05) is 13.8 Å². The van der Waals surface area contributed by atoms with E-state index in [-0.39, 0.29) is 11.2 Å². The van der Waals surface area contributed by atoms with Crippen LogP contribution in [0.15, 0.2) is 0 Å². The maximum absolute atomic E-state index is 11.2. The standard InChI is InChI=1S/C14H29NO3S/c1-11-8-13(9-12(2)18-11)15-10-14(3,4)6-7-19(5,16)17/h11-13,15H,6-10H2,1-5H3. The van der Waals surface area contributed by atoms with E-state index in [2.05, 4.69) is 33.0 Å². The van der Waals surface area contributed by atoms with Gasteiger partial charge in [-0.25, -0.2) is 8.42 Å². The second kappa shape index (κ2) is 6.55. The maximum atomic E-state index is 11.2. The summed E-state index contributed by atoms with van der Waals surface area (Å²) in [6.45, 7) is 9.32. The van der Waals surface area contributed by atoms with Crippen LogP contribution >= 0.6 is 0 Å². The number of rotatable bonds is 6. The van der Waals surface area contributed by atoms with E-state index < -0.39 is 9.84 Å². The summed E-state index contributed by atoms with van der Waals surface area (Å²) in [7, 11) is -2.87. The highest BCUT2D eigenvalue weighted by atomic mass is 32.2. The van der Waals surface area contributed by atoms with Crippen molar-refractivity contribution in [3.8, 4) is 0 Å².